The summed E-state index contributed by atoms with van der Waals surface area (Å²) in [5.74, 6) is -2.87. The van der Waals surface area contributed by atoms with Crippen LogP contribution >= 0.6 is 0 Å². The molecule has 0 aliphatic carbocycles. The van der Waals surface area contributed by atoms with Crippen molar-refractivity contribution in [3.63, 3.8) is 0 Å². The highest BCUT2D eigenvalue weighted by atomic mass is 19.1. The number of fused-ring (bicyclic) bond motifs is 5. The van der Waals surface area contributed by atoms with Gasteiger partial charge in [0.25, 0.3) is 0 Å². The number of nitrogens with zero attached hydrogens (tertiary/aromatic N) is 1. The Labute approximate surface area is 171 Å². The van der Waals surface area contributed by atoms with E-state index in [0.29, 0.717) is 16.8 Å². The van der Waals surface area contributed by atoms with Gasteiger partial charge in [-0.3, -0.25) is 0 Å². The average molecular weight is 411 g/mol. The number of anilines is 1. The summed E-state index contributed by atoms with van der Waals surface area (Å²) < 4.78 is 28.6. The van der Waals surface area contributed by atoms with Crippen LogP contribution in [0.3, 0.4) is 0 Å². The van der Waals surface area contributed by atoms with Crippen LogP contribution in [0.25, 0.3) is 0 Å². The molecule has 0 saturated carbocycles. The molecule has 2 aromatic rings. The Hall–Kier alpha value is -3.68. The number of methoxy groups -OCH3 is 3. The largest absolute Gasteiger partial charge is 0.467 e. The topological polar surface area (TPSA) is 82.1 Å². The van der Waals surface area contributed by atoms with Crippen molar-refractivity contribution in [2.24, 2.45) is 0 Å². The van der Waals surface area contributed by atoms with Crippen molar-refractivity contribution < 1.29 is 33.0 Å². The van der Waals surface area contributed by atoms with Crippen LogP contribution in [0, 0.1) is 5.82 Å². The van der Waals surface area contributed by atoms with Crippen LogP contribution in [0.5, 0.6) is 0 Å². The number of hydrogen-bond donors (Lipinski definition) is 0. The molecule has 0 N–H and O–H groups in total. The zero-order valence-electron chi connectivity index (χ0n) is 16.5. The second-order valence-electron chi connectivity index (χ2n) is 6.81. The lowest BCUT2D eigenvalue weighted by atomic mass is 9.76. The lowest BCUT2D eigenvalue weighted by molar-refractivity contribution is -0.149. The highest BCUT2D eigenvalue weighted by Gasteiger charge is 2.68. The van der Waals surface area contributed by atoms with Crippen molar-refractivity contribution in [1.82, 2.24) is 0 Å². The molecule has 2 bridgehead atoms. The van der Waals surface area contributed by atoms with Crippen molar-refractivity contribution in [2.45, 2.75) is 11.6 Å². The summed E-state index contributed by atoms with van der Waals surface area (Å²) in [7, 11) is 3.55. The van der Waals surface area contributed by atoms with E-state index in [-0.39, 0.29) is 11.1 Å². The molecule has 0 aromatic heterocycles. The van der Waals surface area contributed by atoms with E-state index < -0.39 is 35.3 Å². The maximum absolute atomic E-state index is 13.6. The minimum Gasteiger partial charge on any atom is -0.467 e. The van der Waals surface area contributed by atoms with Gasteiger partial charge in [-0.25, -0.2) is 18.8 Å². The SMILES string of the molecule is COC(=O)C1=C(C(=O)OC)C2(C(=O)OC)c3ccccc3C1N2c1ccc(F)cc1. The zero-order valence-corrected chi connectivity index (χ0v) is 16.5. The van der Waals surface area contributed by atoms with Crippen LogP contribution < -0.4 is 4.90 Å². The molecule has 0 amide bonds. The zero-order chi connectivity index (χ0) is 21.6. The Kier molecular flexibility index (Phi) is 4.57. The molecule has 2 aliphatic rings. The number of rotatable bonds is 4. The lowest BCUT2D eigenvalue weighted by Crippen LogP contribution is -2.50. The molecular weight excluding hydrogens is 393 g/mol. The molecule has 2 atom stereocenters. The van der Waals surface area contributed by atoms with Gasteiger partial charge in [0.2, 0.25) is 0 Å². The van der Waals surface area contributed by atoms with Crippen LogP contribution in [0.1, 0.15) is 17.2 Å². The first kappa shape index (κ1) is 19.6. The summed E-state index contributed by atoms with van der Waals surface area (Å²) >= 11 is 0. The van der Waals surface area contributed by atoms with Gasteiger partial charge in [-0.2, -0.15) is 0 Å². The van der Waals surface area contributed by atoms with E-state index in [2.05, 4.69) is 0 Å². The highest BCUT2D eigenvalue weighted by molar-refractivity contribution is 6.15. The first-order valence-electron chi connectivity index (χ1n) is 9.07. The molecular formula is C22H18FNO6. The van der Waals surface area contributed by atoms with Crippen molar-refractivity contribution in [3.05, 3.63) is 76.6 Å². The molecule has 0 radical (unpaired) electrons. The number of ether oxygens (including phenoxy) is 3. The minimum atomic E-state index is -1.79. The van der Waals surface area contributed by atoms with Crippen LogP contribution in [-0.4, -0.2) is 39.2 Å². The lowest BCUT2D eigenvalue weighted by Gasteiger charge is -2.36. The summed E-state index contributed by atoms with van der Waals surface area (Å²) in [5.41, 5.74) is -0.429. The molecule has 2 heterocycles. The molecule has 30 heavy (non-hydrogen) atoms. The van der Waals surface area contributed by atoms with Crippen LogP contribution in [0.4, 0.5) is 10.1 Å². The normalized spacial score (nSPS) is 21.3. The fraction of sp³-hybridized carbons (Fsp3) is 0.227. The van der Waals surface area contributed by atoms with Gasteiger partial charge in [-0.1, -0.05) is 24.3 Å². The van der Waals surface area contributed by atoms with Crippen molar-refractivity contribution in [3.8, 4) is 0 Å². The van der Waals surface area contributed by atoms with Gasteiger partial charge in [0.15, 0.2) is 5.54 Å². The van der Waals surface area contributed by atoms with E-state index in [9.17, 15) is 18.8 Å². The Bertz CT molecular complexity index is 1090. The molecule has 4 rings (SSSR count). The van der Waals surface area contributed by atoms with E-state index in [1.165, 1.54) is 38.5 Å². The number of halogens is 1. The third-order valence-corrected chi connectivity index (χ3v) is 5.55. The number of benzene rings is 2. The Morgan fingerprint density at radius 2 is 1.53 bits per heavy atom. The second kappa shape index (κ2) is 6.98. The number of carbonyl (C=O) groups is 3. The summed E-state index contributed by atoms with van der Waals surface area (Å²) in [6, 6.07) is 11.5. The number of hydrogen-bond acceptors (Lipinski definition) is 7. The fourth-order valence-corrected chi connectivity index (χ4v) is 4.48. The van der Waals surface area contributed by atoms with E-state index in [0.717, 1.165) is 7.11 Å². The maximum atomic E-state index is 13.6. The molecule has 0 saturated heterocycles. The van der Waals surface area contributed by atoms with Crippen molar-refractivity contribution in [1.29, 1.82) is 0 Å². The summed E-state index contributed by atoms with van der Waals surface area (Å²) in [4.78, 5) is 40.7. The van der Waals surface area contributed by atoms with Gasteiger partial charge in [-0.05, 0) is 35.4 Å². The quantitative estimate of drug-likeness (QED) is 0.564. The van der Waals surface area contributed by atoms with Crippen LogP contribution in [0.2, 0.25) is 0 Å². The van der Waals surface area contributed by atoms with Gasteiger partial charge in [-0.15, -0.1) is 0 Å². The maximum Gasteiger partial charge on any atom is 0.341 e. The summed E-state index contributed by atoms with van der Waals surface area (Å²) in [6.45, 7) is 0. The molecule has 0 spiro atoms. The van der Waals surface area contributed by atoms with Crippen LogP contribution in [0.15, 0.2) is 59.7 Å². The van der Waals surface area contributed by atoms with Gasteiger partial charge >= 0.3 is 17.9 Å². The molecule has 7 nitrogen and oxygen atoms in total. The Morgan fingerprint density at radius 1 is 0.900 bits per heavy atom. The third-order valence-electron chi connectivity index (χ3n) is 5.55. The predicted molar refractivity (Wildman–Crippen MR) is 103 cm³/mol. The Balaban J connectivity index is 2.13. The number of esters is 3. The van der Waals surface area contributed by atoms with Gasteiger partial charge in [0, 0.05) is 5.69 Å². The van der Waals surface area contributed by atoms with Crippen LogP contribution in [-0.2, 0) is 34.1 Å². The average Bonchev–Trinajstić information content (AvgIpc) is 3.25. The van der Waals surface area contributed by atoms with Gasteiger partial charge < -0.3 is 19.1 Å². The first-order chi connectivity index (χ1) is 14.4. The number of carbonyl (C=O) groups excluding carboxylic acids is 3. The summed E-state index contributed by atoms with van der Waals surface area (Å²) in [6.07, 6.45) is 0. The monoisotopic (exact) mass is 411 g/mol. The molecule has 2 aliphatic heterocycles. The molecule has 0 fully saturated rings. The van der Waals surface area contributed by atoms with E-state index in [1.807, 2.05) is 0 Å². The fourth-order valence-electron chi connectivity index (χ4n) is 4.48. The molecule has 2 unspecified atom stereocenters. The Morgan fingerprint density at radius 3 is 2.13 bits per heavy atom. The molecule has 8 heteroatoms. The third kappa shape index (κ3) is 2.33. The van der Waals surface area contributed by atoms with E-state index in [1.54, 1.807) is 29.2 Å². The second-order valence-corrected chi connectivity index (χ2v) is 6.81. The smallest absolute Gasteiger partial charge is 0.341 e. The van der Waals surface area contributed by atoms with E-state index in [4.69, 9.17) is 14.2 Å². The van der Waals surface area contributed by atoms with E-state index >= 15 is 0 Å². The predicted octanol–water partition coefficient (Wildman–Crippen LogP) is 2.41. The highest BCUT2D eigenvalue weighted by Crippen LogP contribution is 2.62. The minimum absolute atomic E-state index is 0.0159. The standard InChI is InChI=1S/C22H18FNO6/c1-28-19(25)16-17(20(26)29-2)22(21(27)30-3)15-7-5-4-6-14(15)18(16)24(22)13-10-8-12(23)9-11-13/h4-11,18H,1-3H3. The van der Waals surface area contributed by atoms with Crippen molar-refractivity contribution >= 4 is 23.6 Å². The van der Waals surface area contributed by atoms with Crippen molar-refractivity contribution in [2.75, 3.05) is 26.2 Å². The molecule has 2 aromatic carbocycles. The summed E-state index contributed by atoms with van der Waals surface area (Å²) in [5, 5.41) is 0. The first-order valence-corrected chi connectivity index (χ1v) is 9.07. The van der Waals surface area contributed by atoms with Gasteiger partial charge in [0.05, 0.1) is 38.5 Å². The molecule has 154 valence electrons. The van der Waals surface area contributed by atoms with Gasteiger partial charge in [0.1, 0.15) is 5.82 Å².